The van der Waals surface area contributed by atoms with Gasteiger partial charge in [0.25, 0.3) is 0 Å². The second-order valence-corrected chi connectivity index (χ2v) is 9.21. The molecule has 0 unspecified atom stereocenters. The van der Waals surface area contributed by atoms with Crippen molar-refractivity contribution in [3.05, 3.63) is 94.7 Å². The average Bonchev–Trinajstić information content (AvgIpc) is 3.35. The third-order valence-electron chi connectivity index (χ3n) is 7.25. The molecule has 0 saturated carbocycles. The van der Waals surface area contributed by atoms with Crippen LogP contribution in [0, 0.1) is 36.5 Å². The fraction of sp³-hybridized carbons (Fsp3) is 0.0714. The smallest absolute Gasteiger partial charge is 0.223 e. The van der Waals surface area contributed by atoms with Crippen LogP contribution in [0.3, 0.4) is 0 Å². The van der Waals surface area contributed by atoms with E-state index < -0.39 is 0 Å². The molecule has 6 rings (SSSR count). The summed E-state index contributed by atoms with van der Waals surface area (Å²) < 4.78 is 3.96. The Morgan fingerprint density at radius 1 is 0.684 bits per heavy atom. The van der Waals surface area contributed by atoms with Crippen molar-refractivity contribution in [2.75, 3.05) is 0 Å². The molecule has 0 aliphatic carbocycles. The molecule has 0 atom stereocenters. The minimum Gasteiger partial charge on any atom is -0.395 e. The summed E-state index contributed by atoms with van der Waals surface area (Å²) in [5.41, 5.74) is 4.11. The molecule has 0 radical (unpaired) electrons. The van der Waals surface area contributed by atoms with Crippen LogP contribution >= 0.6 is 0 Å². The number of hydrogen-bond donors (Lipinski definition) is 0. The van der Waals surface area contributed by atoms with Crippen LogP contribution in [0.25, 0.3) is 43.7 Å². The number of nitriles is 2. The van der Waals surface area contributed by atoms with E-state index in [1.807, 2.05) is 87.3 Å². The van der Waals surface area contributed by atoms with Crippen molar-refractivity contribution in [2.45, 2.75) is 13.8 Å². The zero-order chi connectivity index (χ0) is 26.6. The molecule has 0 aliphatic heterocycles. The first kappa shape index (κ1) is 23.2. The van der Waals surface area contributed by atoms with Crippen molar-refractivity contribution < 1.29 is 0 Å². The van der Waals surface area contributed by atoms with E-state index in [9.17, 15) is 10.5 Å². The van der Waals surface area contributed by atoms with Gasteiger partial charge >= 0.3 is 0 Å². The molecule has 38 heavy (non-hydrogen) atoms. The molecule has 0 spiro atoms. The standard InChI is InChI=1S/C28H20B2N8/c1-15-23-24(26(37(15)29)20(12-32)28-34-14-18-8-4-6-10-22(18)36-28)16(2)38(30)25(23)19(11-31)27-33-13-17-7-3-5-9-21(17)35-27/h3-10,13-14H,29-30H2,1-2H3/b25-19-,26-20-. The second-order valence-electron chi connectivity index (χ2n) is 9.21. The van der Waals surface area contributed by atoms with Crippen molar-refractivity contribution in [1.29, 1.82) is 10.5 Å². The molecule has 4 heterocycles. The molecule has 8 nitrogen and oxygen atoms in total. The van der Waals surface area contributed by atoms with Crippen molar-refractivity contribution in [1.82, 2.24) is 28.9 Å². The van der Waals surface area contributed by atoms with Crippen LogP contribution in [-0.4, -0.2) is 44.9 Å². The van der Waals surface area contributed by atoms with Crippen molar-refractivity contribution in [3.63, 3.8) is 0 Å². The Bertz CT molecular complexity index is 2000. The zero-order valence-electron chi connectivity index (χ0n) is 21.4. The highest BCUT2D eigenvalue weighted by Crippen LogP contribution is 2.22. The normalized spacial score (nSPS) is 12.9. The van der Waals surface area contributed by atoms with E-state index in [0.717, 1.165) is 44.0 Å². The predicted octanol–water partition coefficient (Wildman–Crippen LogP) is 1.18. The van der Waals surface area contributed by atoms with Crippen LogP contribution in [0.2, 0.25) is 0 Å². The number of benzene rings is 2. The lowest BCUT2D eigenvalue weighted by Crippen LogP contribution is -2.24. The van der Waals surface area contributed by atoms with E-state index in [2.05, 4.69) is 22.1 Å². The van der Waals surface area contributed by atoms with Crippen LogP contribution in [0.4, 0.5) is 0 Å². The van der Waals surface area contributed by atoms with Gasteiger partial charge in [-0.15, -0.1) is 0 Å². The lowest BCUT2D eigenvalue weighted by atomic mass is 10.1. The van der Waals surface area contributed by atoms with Gasteiger partial charge in [0, 0.05) is 45.3 Å². The monoisotopic (exact) mass is 490 g/mol. The molecule has 10 heteroatoms. The Hall–Kier alpha value is -5.21. The highest BCUT2D eigenvalue weighted by atomic mass is 15.0. The first-order valence-corrected chi connectivity index (χ1v) is 12.1. The van der Waals surface area contributed by atoms with Crippen LogP contribution in [-0.2, 0) is 0 Å². The maximum absolute atomic E-state index is 10.3. The SMILES string of the molecule is Bn1c(C)c2/c(=C(\C#N)c3ncc4ccccc4n3)n(B)c(C)c2/c1=C(\C#N)c1ncc2ccccc2n1. The van der Waals surface area contributed by atoms with E-state index in [0.29, 0.717) is 33.5 Å². The van der Waals surface area contributed by atoms with Gasteiger partial charge in [0.2, 0.25) is 16.0 Å². The van der Waals surface area contributed by atoms with Crippen LogP contribution in [0.1, 0.15) is 23.0 Å². The Labute approximate surface area is 219 Å². The van der Waals surface area contributed by atoms with Gasteiger partial charge in [0.05, 0.1) is 21.7 Å². The minimum absolute atomic E-state index is 0.362. The maximum Gasteiger partial charge on any atom is 0.223 e. The Morgan fingerprint density at radius 2 is 1.08 bits per heavy atom. The number of aryl methyl sites for hydroxylation is 2. The third kappa shape index (κ3) is 3.31. The summed E-state index contributed by atoms with van der Waals surface area (Å²) in [6, 6.07) is 20.1. The van der Waals surface area contributed by atoms with Gasteiger partial charge in [-0.1, -0.05) is 36.4 Å². The molecule has 0 amide bonds. The van der Waals surface area contributed by atoms with Gasteiger partial charge in [0.15, 0.2) is 11.6 Å². The number of hydrogen-bond acceptors (Lipinski definition) is 6. The summed E-state index contributed by atoms with van der Waals surface area (Å²) in [7, 11) is 3.84. The van der Waals surface area contributed by atoms with E-state index in [1.54, 1.807) is 12.4 Å². The fourth-order valence-electron chi connectivity index (χ4n) is 5.14. The summed E-state index contributed by atoms with van der Waals surface area (Å²) in [4.78, 5) is 18.5. The Kier molecular flexibility index (Phi) is 5.32. The number of rotatable bonds is 2. The molecular formula is C28H20B2N8. The van der Waals surface area contributed by atoms with Crippen molar-refractivity contribution in [3.8, 4) is 12.1 Å². The zero-order valence-corrected chi connectivity index (χ0v) is 21.4. The Balaban J connectivity index is 1.75. The fourth-order valence-corrected chi connectivity index (χ4v) is 5.14. The minimum atomic E-state index is 0.362. The lowest BCUT2D eigenvalue weighted by molar-refractivity contribution is 1.06. The van der Waals surface area contributed by atoms with Gasteiger partial charge < -0.3 is 8.96 Å². The molecule has 0 aliphatic rings. The quantitative estimate of drug-likeness (QED) is 0.338. The first-order valence-electron chi connectivity index (χ1n) is 12.1. The summed E-state index contributed by atoms with van der Waals surface area (Å²) in [5, 5.41) is 25.7. The average molecular weight is 490 g/mol. The molecule has 6 aromatic rings. The molecule has 0 saturated heterocycles. The third-order valence-corrected chi connectivity index (χ3v) is 7.25. The summed E-state index contributed by atoms with van der Waals surface area (Å²) >= 11 is 0. The second kappa shape index (κ2) is 8.72. The predicted molar refractivity (Wildman–Crippen MR) is 152 cm³/mol. The maximum atomic E-state index is 10.3. The molecule has 0 N–H and O–H groups in total. The molecule has 4 aromatic heterocycles. The number of aromatic nitrogens is 6. The lowest BCUT2D eigenvalue weighted by Gasteiger charge is -2.06. The number of para-hydroxylation sites is 2. The highest BCUT2D eigenvalue weighted by Gasteiger charge is 2.22. The van der Waals surface area contributed by atoms with Gasteiger partial charge in [-0.3, -0.25) is 0 Å². The molecular weight excluding hydrogens is 470 g/mol. The topological polar surface area (TPSA) is 109 Å². The van der Waals surface area contributed by atoms with E-state index >= 15 is 0 Å². The van der Waals surface area contributed by atoms with E-state index in [1.165, 1.54) is 0 Å². The summed E-state index contributed by atoms with van der Waals surface area (Å²) in [5.74, 6) is 0.724. The molecule has 178 valence electrons. The van der Waals surface area contributed by atoms with Crippen molar-refractivity contribution >= 4 is 59.7 Å². The summed E-state index contributed by atoms with van der Waals surface area (Å²) in [6.07, 6.45) is 3.48. The summed E-state index contributed by atoms with van der Waals surface area (Å²) in [6.45, 7) is 3.97. The van der Waals surface area contributed by atoms with Crippen LogP contribution < -0.4 is 10.7 Å². The van der Waals surface area contributed by atoms with E-state index in [-0.39, 0.29) is 0 Å². The largest absolute Gasteiger partial charge is 0.395 e. The van der Waals surface area contributed by atoms with Crippen LogP contribution in [0.15, 0.2) is 60.9 Å². The van der Waals surface area contributed by atoms with Gasteiger partial charge in [-0.2, -0.15) is 10.5 Å². The number of fused-ring (bicyclic) bond motifs is 3. The molecule has 0 bridgehead atoms. The first-order chi connectivity index (χ1) is 18.4. The highest BCUT2D eigenvalue weighted by molar-refractivity contribution is 6.14. The van der Waals surface area contributed by atoms with E-state index in [4.69, 9.17) is 9.97 Å². The van der Waals surface area contributed by atoms with Crippen molar-refractivity contribution in [2.24, 2.45) is 0 Å². The Morgan fingerprint density at radius 3 is 1.47 bits per heavy atom. The number of nitrogens with zero attached hydrogens (tertiary/aromatic N) is 8. The van der Waals surface area contributed by atoms with Crippen LogP contribution in [0.5, 0.6) is 0 Å². The van der Waals surface area contributed by atoms with Gasteiger partial charge in [0.1, 0.15) is 23.3 Å². The molecule has 0 fully saturated rings. The molecule has 2 aromatic carbocycles. The van der Waals surface area contributed by atoms with Gasteiger partial charge in [-0.05, 0) is 26.0 Å². The van der Waals surface area contributed by atoms with Gasteiger partial charge in [-0.25, -0.2) is 19.9 Å².